The van der Waals surface area contributed by atoms with Gasteiger partial charge in [0.15, 0.2) is 0 Å². The lowest BCUT2D eigenvalue weighted by molar-refractivity contribution is 0.611. The maximum atomic E-state index is 3.39. The highest BCUT2D eigenvalue weighted by Crippen LogP contribution is 1.85. The van der Waals surface area contributed by atoms with Crippen LogP contribution < -0.4 is 23.8 Å². The van der Waals surface area contributed by atoms with Crippen molar-refractivity contribution >= 4 is 0 Å². The number of hydrogen-bond acceptors (Lipinski definition) is 4. The zero-order valence-corrected chi connectivity index (χ0v) is 8.86. The predicted molar refractivity (Wildman–Crippen MR) is 57.8 cm³/mol. The van der Waals surface area contributed by atoms with Crippen molar-refractivity contribution in [3.8, 4) is 0 Å². The van der Waals surface area contributed by atoms with Crippen molar-refractivity contribution in [2.75, 3.05) is 13.1 Å². The Morgan fingerprint density at radius 1 is 0.750 bits per heavy atom. The van der Waals surface area contributed by atoms with E-state index >= 15 is 0 Å². The van der Waals surface area contributed by atoms with Gasteiger partial charge in [-0.3, -0.25) is 0 Å². The van der Waals surface area contributed by atoms with Gasteiger partial charge in [0.05, 0.1) is 0 Å². The monoisotopic (exact) mass is 180 g/mol. The summed E-state index contributed by atoms with van der Waals surface area (Å²) >= 11 is 0. The van der Waals surface area contributed by atoms with Gasteiger partial charge in [0.1, 0.15) is 0 Å². The standard InChI is InChI=1S/C8H19N.3H3N/c1-3-5-7-9-8-6-4-2;;;/h9H,3-8H2,1-2H3;3*1H3. The largest absolute Gasteiger partial charge is 0.344 e. The molecule has 0 rings (SSSR count). The second-order valence-corrected chi connectivity index (χ2v) is 2.46. The van der Waals surface area contributed by atoms with Crippen molar-refractivity contribution in [1.29, 1.82) is 0 Å². The van der Waals surface area contributed by atoms with Crippen LogP contribution in [0.25, 0.3) is 0 Å². The molecule has 0 saturated carbocycles. The maximum absolute atomic E-state index is 3.39. The number of rotatable bonds is 6. The summed E-state index contributed by atoms with van der Waals surface area (Å²) in [6, 6.07) is 0. The van der Waals surface area contributed by atoms with Crippen LogP contribution in [-0.2, 0) is 0 Å². The van der Waals surface area contributed by atoms with E-state index in [2.05, 4.69) is 19.2 Å². The van der Waals surface area contributed by atoms with Crippen LogP contribution in [0.15, 0.2) is 0 Å². The van der Waals surface area contributed by atoms with E-state index in [4.69, 9.17) is 0 Å². The lowest BCUT2D eigenvalue weighted by Crippen LogP contribution is -2.15. The van der Waals surface area contributed by atoms with Gasteiger partial charge >= 0.3 is 0 Å². The normalized spacial score (nSPS) is 7.50. The first-order chi connectivity index (χ1) is 4.41. The average Bonchev–Trinajstić information content (AvgIpc) is 1.89. The molecule has 4 nitrogen and oxygen atoms in total. The molecule has 0 spiro atoms. The Kier molecular flexibility index (Phi) is 42.3. The van der Waals surface area contributed by atoms with Crippen molar-refractivity contribution in [1.82, 2.24) is 23.8 Å². The Morgan fingerprint density at radius 2 is 1.08 bits per heavy atom. The molecule has 0 aromatic rings. The topological polar surface area (TPSA) is 117 Å². The zero-order chi connectivity index (χ0) is 6.95. The van der Waals surface area contributed by atoms with Gasteiger partial charge in [0.2, 0.25) is 0 Å². The molecular weight excluding hydrogens is 152 g/mol. The van der Waals surface area contributed by atoms with Crippen LogP contribution in [0, 0.1) is 0 Å². The third kappa shape index (κ3) is 22.5. The molecule has 0 amide bonds. The highest BCUT2D eigenvalue weighted by Gasteiger charge is 1.83. The summed E-state index contributed by atoms with van der Waals surface area (Å²) in [6.07, 6.45) is 5.26. The second kappa shape index (κ2) is 22.4. The molecule has 0 heterocycles. The molecule has 10 N–H and O–H groups in total. The van der Waals surface area contributed by atoms with E-state index in [9.17, 15) is 0 Å². The fraction of sp³-hybridized carbons (Fsp3) is 1.00. The van der Waals surface area contributed by atoms with Crippen LogP contribution >= 0.6 is 0 Å². The van der Waals surface area contributed by atoms with Crippen LogP contribution in [-0.4, -0.2) is 13.1 Å². The minimum Gasteiger partial charge on any atom is -0.344 e. The maximum Gasteiger partial charge on any atom is -0.00490 e. The van der Waals surface area contributed by atoms with Crippen molar-refractivity contribution in [2.45, 2.75) is 39.5 Å². The molecular formula is C8H28N4. The molecule has 4 heteroatoms. The van der Waals surface area contributed by atoms with E-state index in [1.54, 1.807) is 0 Å². The lowest BCUT2D eigenvalue weighted by Gasteiger charge is -1.99. The first-order valence-corrected chi connectivity index (χ1v) is 4.12. The smallest absolute Gasteiger partial charge is 0.00490 e. The average molecular weight is 180 g/mol. The fourth-order valence-electron chi connectivity index (χ4n) is 0.729. The number of hydrogen-bond donors (Lipinski definition) is 4. The third-order valence-electron chi connectivity index (χ3n) is 1.41. The summed E-state index contributed by atoms with van der Waals surface area (Å²) in [6.45, 7) is 6.86. The second-order valence-electron chi connectivity index (χ2n) is 2.46. The van der Waals surface area contributed by atoms with Gasteiger partial charge in [-0.2, -0.15) is 0 Å². The quantitative estimate of drug-likeness (QED) is 0.470. The zero-order valence-electron chi connectivity index (χ0n) is 8.86. The summed E-state index contributed by atoms with van der Waals surface area (Å²) in [7, 11) is 0. The highest BCUT2D eigenvalue weighted by atomic mass is 14.8. The Hall–Kier alpha value is -0.160. The lowest BCUT2D eigenvalue weighted by atomic mass is 10.3. The van der Waals surface area contributed by atoms with E-state index < -0.39 is 0 Å². The number of nitrogens with one attached hydrogen (secondary N) is 1. The van der Waals surface area contributed by atoms with Gasteiger partial charge in [0, 0.05) is 0 Å². The van der Waals surface area contributed by atoms with Crippen LogP contribution in [0.2, 0.25) is 0 Å². The van der Waals surface area contributed by atoms with Gasteiger partial charge in [-0.25, -0.2) is 0 Å². The minimum absolute atomic E-state index is 0. The van der Waals surface area contributed by atoms with Crippen LogP contribution in [0.4, 0.5) is 0 Å². The molecule has 80 valence electrons. The van der Waals surface area contributed by atoms with Crippen molar-refractivity contribution in [3.63, 3.8) is 0 Å². The Balaban J connectivity index is -0.000000107. The predicted octanol–water partition coefficient (Wildman–Crippen LogP) is 2.66. The molecule has 0 atom stereocenters. The summed E-state index contributed by atoms with van der Waals surface area (Å²) in [5, 5.41) is 3.39. The molecule has 0 saturated heterocycles. The minimum atomic E-state index is 0. The van der Waals surface area contributed by atoms with Crippen molar-refractivity contribution in [3.05, 3.63) is 0 Å². The Labute approximate surface area is 77.3 Å². The van der Waals surface area contributed by atoms with Crippen LogP contribution in [0.3, 0.4) is 0 Å². The van der Waals surface area contributed by atoms with Gasteiger partial charge in [-0.1, -0.05) is 26.7 Å². The fourth-order valence-corrected chi connectivity index (χ4v) is 0.729. The van der Waals surface area contributed by atoms with Crippen molar-refractivity contribution < 1.29 is 0 Å². The summed E-state index contributed by atoms with van der Waals surface area (Å²) in [5.74, 6) is 0. The molecule has 0 aromatic carbocycles. The molecule has 0 aliphatic heterocycles. The summed E-state index contributed by atoms with van der Waals surface area (Å²) in [4.78, 5) is 0. The van der Waals surface area contributed by atoms with Crippen LogP contribution in [0.1, 0.15) is 39.5 Å². The molecule has 0 unspecified atom stereocenters. The molecule has 0 aliphatic rings. The van der Waals surface area contributed by atoms with E-state index in [0.29, 0.717) is 0 Å². The molecule has 0 bridgehead atoms. The first kappa shape index (κ1) is 22.6. The summed E-state index contributed by atoms with van der Waals surface area (Å²) in [5.41, 5.74) is 0. The SMILES string of the molecule is CCCCNCCCC.N.N.N. The van der Waals surface area contributed by atoms with Crippen LogP contribution in [0.5, 0.6) is 0 Å². The molecule has 0 aliphatic carbocycles. The highest BCUT2D eigenvalue weighted by molar-refractivity contribution is 4.45. The van der Waals surface area contributed by atoms with Gasteiger partial charge < -0.3 is 23.8 Å². The third-order valence-corrected chi connectivity index (χ3v) is 1.41. The van der Waals surface area contributed by atoms with Gasteiger partial charge in [-0.15, -0.1) is 0 Å². The van der Waals surface area contributed by atoms with E-state index in [1.807, 2.05) is 0 Å². The first-order valence-electron chi connectivity index (χ1n) is 4.12. The van der Waals surface area contributed by atoms with Crippen molar-refractivity contribution in [2.24, 2.45) is 0 Å². The molecule has 12 heavy (non-hydrogen) atoms. The van der Waals surface area contributed by atoms with Gasteiger partial charge in [-0.05, 0) is 25.9 Å². The molecule has 0 radical (unpaired) electrons. The Morgan fingerprint density at radius 3 is 1.33 bits per heavy atom. The van der Waals surface area contributed by atoms with E-state index in [0.717, 1.165) is 0 Å². The van der Waals surface area contributed by atoms with E-state index in [-0.39, 0.29) is 18.5 Å². The summed E-state index contributed by atoms with van der Waals surface area (Å²) < 4.78 is 0. The van der Waals surface area contributed by atoms with E-state index in [1.165, 1.54) is 38.8 Å². The number of unbranched alkanes of at least 4 members (excludes halogenated alkanes) is 2. The molecule has 0 fully saturated rings. The Bertz CT molecular complexity index is 44.3. The van der Waals surface area contributed by atoms with Gasteiger partial charge in [0.25, 0.3) is 0 Å². The molecule has 0 aromatic heterocycles.